The van der Waals surface area contributed by atoms with Gasteiger partial charge in [-0.2, -0.15) is 0 Å². The van der Waals surface area contributed by atoms with Crippen LogP contribution in [0.3, 0.4) is 0 Å². The second-order valence-electron chi connectivity index (χ2n) is 6.68. The second kappa shape index (κ2) is 10.6. The number of phenolic OH excluding ortho intramolecular Hbond substituents is 1. The van der Waals surface area contributed by atoms with Gasteiger partial charge in [-0.25, -0.2) is 0 Å². The lowest BCUT2D eigenvalue weighted by Gasteiger charge is -2.19. The number of aromatic hydroxyl groups is 1. The lowest BCUT2D eigenvalue weighted by atomic mass is 10.0. The monoisotopic (exact) mass is 428 g/mol. The Morgan fingerprint density at radius 1 is 1.10 bits per heavy atom. The van der Waals surface area contributed by atoms with Gasteiger partial charge in [-0.15, -0.1) is 0 Å². The lowest BCUT2D eigenvalue weighted by molar-refractivity contribution is -0.138. The molecule has 10 heteroatoms. The maximum absolute atomic E-state index is 12.3. The van der Waals surface area contributed by atoms with Gasteiger partial charge in [0.2, 0.25) is 11.8 Å². The Morgan fingerprint density at radius 2 is 1.74 bits per heavy atom. The summed E-state index contributed by atoms with van der Waals surface area (Å²) < 4.78 is 5.00. The quantitative estimate of drug-likeness (QED) is 0.247. The van der Waals surface area contributed by atoms with E-state index < -0.39 is 30.2 Å². The third-order valence-corrected chi connectivity index (χ3v) is 4.39. The van der Waals surface area contributed by atoms with Gasteiger partial charge in [0.05, 0.1) is 19.6 Å². The van der Waals surface area contributed by atoms with Crippen molar-refractivity contribution >= 4 is 29.3 Å². The number of benzene rings is 2. The number of nitrogen functional groups attached to an aromatic ring is 1. The zero-order valence-corrected chi connectivity index (χ0v) is 16.8. The molecule has 0 aliphatic rings. The summed E-state index contributed by atoms with van der Waals surface area (Å²) in [6, 6.07) is 9.71. The molecule has 31 heavy (non-hydrogen) atoms. The van der Waals surface area contributed by atoms with Crippen molar-refractivity contribution in [1.82, 2.24) is 5.32 Å². The molecule has 0 aromatic heterocycles. The Kier molecular flexibility index (Phi) is 7.95. The number of carboxylic acid groups (broad SMARTS) is 1. The van der Waals surface area contributed by atoms with E-state index >= 15 is 0 Å². The van der Waals surface area contributed by atoms with E-state index in [1.165, 1.54) is 19.2 Å². The van der Waals surface area contributed by atoms with Gasteiger partial charge in [-0.3, -0.25) is 19.8 Å². The zero-order chi connectivity index (χ0) is 23.0. The number of aliphatic carboxylic acids is 1. The highest BCUT2D eigenvalue weighted by Gasteiger charge is 2.22. The summed E-state index contributed by atoms with van der Waals surface area (Å²) in [5, 5.41) is 31.8. The van der Waals surface area contributed by atoms with Crippen molar-refractivity contribution in [2.24, 2.45) is 5.73 Å². The number of methoxy groups -OCH3 is 1. The summed E-state index contributed by atoms with van der Waals surface area (Å²) >= 11 is 0. The number of carbonyl (C=O) groups is 3. The van der Waals surface area contributed by atoms with Gasteiger partial charge in [-0.05, 0) is 36.4 Å². The van der Waals surface area contributed by atoms with Crippen LogP contribution >= 0.6 is 0 Å². The first-order valence-electron chi connectivity index (χ1n) is 9.32. The first-order chi connectivity index (χ1) is 14.7. The second-order valence-corrected chi connectivity index (χ2v) is 6.68. The van der Waals surface area contributed by atoms with Crippen LogP contribution in [0, 0.1) is 5.41 Å². The number of carboxylic acids is 1. The summed E-state index contributed by atoms with van der Waals surface area (Å²) in [7, 11) is 1.42. The summed E-state index contributed by atoms with van der Waals surface area (Å²) in [5.74, 6) is -2.02. The number of phenols is 1. The summed E-state index contributed by atoms with van der Waals surface area (Å²) in [6.07, 6.45) is -0.751. The van der Waals surface area contributed by atoms with Crippen molar-refractivity contribution in [3.63, 3.8) is 0 Å². The van der Waals surface area contributed by atoms with E-state index in [1.807, 2.05) is 0 Å². The molecule has 0 saturated carbocycles. The summed E-state index contributed by atoms with van der Waals surface area (Å²) in [4.78, 5) is 35.6. The molecule has 0 saturated heterocycles. The maximum Gasteiger partial charge on any atom is 0.305 e. The number of hydrogen-bond donors (Lipinski definition) is 6. The largest absolute Gasteiger partial charge is 0.507 e. The average Bonchev–Trinajstić information content (AvgIpc) is 2.71. The Morgan fingerprint density at radius 3 is 2.29 bits per heavy atom. The Balaban J connectivity index is 1.95. The van der Waals surface area contributed by atoms with E-state index in [4.69, 9.17) is 21.0 Å². The molecule has 2 amide bonds. The first kappa shape index (κ1) is 23.2. The number of ether oxygens (including phenoxy) is 1. The molecule has 0 aliphatic carbocycles. The topological polar surface area (TPSA) is 175 Å². The zero-order valence-electron chi connectivity index (χ0n) is 16.8. The first-order valence-corrected chi connectivity index (χ1v) is 9.32. The number of amides is 2. The molecule has 0 bridgehead atoms. The van der Waals surface area contributed by atoms with E-state index in [9.17, 15) is 19.5 Å². The molecule has 0 radical (unpaired) electrons. The van der Waals surface area contributed by atoms with Crippen LogP contribution < -0.4 is 21.1 Å². The van der Waals surface area contributed by atoms with Crippen molar-refractivity contribution in [1.29, 1.82) is 5.41 Å². The van der Waals surface area contributed by atoms with Crippen molar-refractivity contribution in [2.75, 3.05) is 12.4 Å². The minimum Gasteiger partial charge on any atom is -0.507 e. The minimum atomic E-state index is -1.16. The van der Waals surface area contributed by atoms with E-state index in [-0.39, 0.29) is 30.0 Å². The fourth-order valence-electron chi connectivity index (χ4n) is 2.81. The van der Waals surface area contributed by atoms with Crippen LogP contribution in [0.2, 0.25) is 0 Å². The molecule has 0 heterocycles. The molecule has 0 spiro atoms. The number of carbonyl (C=O) groups excluding carboxylic acids is 2. The molecule has 1 atom stereocenters. The van der Waals surface area contributed by atoms with Crippen LogP contribution in [0.4, 0.5) is 5.69 Å². The van der Waals surface area contributed by atoms with Crippen molar-refractivity contribution in [3.8, 4) is 11.5 Å². The van der Waals surface area contributed by atoms with Crippen LogP contribution in [0.1, 0.15) is 36.4 Å². The summed E-state index contributed by atoms with van der Waals surface area (Å²) in [6.45, 7) is 0. The molecule has 1 unspecified atom stereocenters. The molecular weight excluding hydrogens is 404 g/mol. The number of hydrogen-bond acceptors (Lipinski definition) is 6. The molecule has 0 fully saturated rings. The third-order valence-electron chi connectivity index (χ3n) is 4.39. The molecule has 2 aromatic carbocycles. The predicted molar refractivity (Wildman–Crippen MR) is 113 cm³/mol. The fraction of sp³-hybridized carbons (Fsp3) is 0.238. The molecular formula is C21H24N4O6. The van der Waals surface area contributed by atoms with Gasteiger partial charge in [0.1, 0.15) is 17.3 Å². The minimum absolute atomic E-state index is 0.0895. The fourth-order valence-corrected chi connectivity index (χ4v) is 2.81. The highest BCUT2D eigenvalue weighted by Crippen LogP contribution is 2.30. The number of nitrogens with two attached hydrogens (primary N) is 1. The van der Waals surface area contributed by atoms with Gasteiger partial charge >= 0.3 is 5.97 Å². The maximum atomic E-state index is 12.3. The van der Waals surface area contributed by atoms with Crippen LogP contribution in [0.15, 0.2) is 42.5 Å². The van der Waals surface area contributed by atoms with Crippen molar-refractivity contribution in [2.45, 2.75) is 25.3 Å². The third kappa shape index (κ3) is 7.03. The number of rotatable bonds is 10. The van der Waals surface area contributed by atoms with Gasteiger partial charge in [0.15, 0.2) is 0 Å². The standard InChI is InChI=1S/C21H24N4O6/c1-31-14-6-7-15(17(26)10-14)16(11-20(29)30)25-19(28)9-8-18(27)24-13-4-2-12(3-5-13)21(22)23/h2-7,10,16,26H,8-9,11H2,1H3,(H3,22,23)(H,24,27)(H,25,28)(H,29,30). The van der Waals surface area contributed by atoms with E-state index in [2.05, 4.69) is 10.6 Å². The van der Waals surface area contributed by atoms with Crippen LogP contribution in [-0.4, -0.2) is 40.9 Å². The number of amidine groups is 1. The number of anilines is 1. The van der Waals surface area contributed by atoms with Crippen LogP contribution in [0.25, 0.3) is 0 Å². The predicted octanol–water partition coefficient (Wildman–Crippen LogP) is 1.74. The van der Waals surface area contributed by atoms with Gasteiger partial charge in [0.25, 0.3) is 0 Å². The number of nitrogens with one attached hydrogen (secondary N) is 3. The normalized spacial score (nSPS) is 11.3. The molecule has 0 aliphatic heterocycles. The average molecular weight is 428 g/mol. The van der Waals surface area contributed by atoms with Gasteiger partial charge in [0, 0.05) is 35.7 Å². The Labute approximate surface area is 178 Å². The molecule has 2 rings (SSSR count). The van der Waals surface area contributed by atoms with Crippen LogP contribution in [0.5, 0.6) is 11.5 Å². The van der Waals surface area contributed by atoms with Crippen molar-refractivity contribution < 1.29 is 29.3 Å². The van der Waals surface area contributed by atoms with E-state index in [0.29, 0.717) is 17.0 Å². The van der Waals surface area contributed by atoms with E-state index in [1.54, 1.807) is 30.3 Å². The molecule has 164 valence electrons. The highest BCUT2D eigenvalue weighted by atomic mass is 16.5. The molecule has 7 N–H and O–H groups in total. The highest BCUT2D eigenvalue weighted by molar-refractivity contribution is 5.96. The van der Waals surface area contributed by atoms with Gasteiger partial charge in [-0.1, -0.05) is 0 Å². The lowest BCUT2D eigenvalue weighted by Crippen LogP contribution is -2.31. The van der Waals surface area contributed by atoms with Crippen LogP contribution in [-0.2, 0) is 14.4 Å². The smallest absolute Gasteiger partial charge is 0.305 e. The SMILES string of the molecule is COc1ccc(C(CC(=O)O)NC(=O)CCC(=O)Nc2ccc(C(=N)N)cc2)c(O)c1. The van der Waals surface area contributed by atoms with E-state index in [0.717, 1.165) is 0 Å². The van der Waals surface area contributed by atoms with Crippen molar-refractivity contribution in [3.05, 3.63) is 53.6 Å². The summed E-state index contributed by atoms with van der Waals surface area (Å²) in [5.41, 5.74) is 6.61. The Bertz CT molecular complexity index is 974. The Hall–Kier alpha value is -4.08. The molecule has 10 nitrogen and oxygen atoms in total. The van der Waals surface area contributed by atoms with Gasteiger partial charge < -0.3 is 31.3 Å². The molecule has 2 aromatic rings.